The summed E-state index contributed by atoms with van der Waals surface area (Å²) in [4.78, 5) is 4.13. The monoisotopic (exact) mass is 216 g/mol. The average Bonchev–Trinajstić information content (AvgIpc) is 2.03. The molecule has 0 saturated heterocycles. The first-order chi connectivity index (χ1) is 5.26. The van der Waals surface area contributed by atoms with Crippen LogP contribution in [0.2, 0.25) is 0 Å². The molecule has 0 atom stereocenters. The van der Waals surface area contributed by atoms with Gasteiger partial charge >= 0.3 is 0 Å². The van der Waals surface area contributed by atoms with Crippen molar-refractivity contribution < 1.29 is 4.74 Å². The second-order valence-electron chi connectivity index (χ2n) is 1.96. The highest BCUT2D eigenvalue weighted by atomic mass is 79.9. The number of nitrogens with one attached hydrogen (secondary N) is 1. The van der Waals surface area contributed by atoms with Crippen molar-refractivity contribution in [3.8, 4) is 5.75 Å². The normalized spacial score (nSPS) is 9.36. The van der Waals surface area contributed by atoms with Gasteiger partial charge in [0.25, 0.3) is 0 Å². The minimum Gasteiger partial charge on any atom is -0.497 e. The van der Waals surface area contributed by atoms with E-state index in [0.29, 0.717) is 0 Å². The maximum atomic E-state index is 5.03. The van der Waals surface area contributed by atoms with Crippen molar-refractivity contribution >= 4 is 21.7 Å². The SMILES string of the molecule is CNc1cc(OC)cc(Br)n1. The summed E-state index contributed by atoms with van der Waals surface area (Å²) in [6.07, 6.45) is 0. The van der Waals surface area contributed by atoms with Crippen LogP contribution in [0.1, 0.15) is 0 Å². The molecule has 0 radical (unpaired) electrons. The molecule has 0 saturated carbocycles. The van der Waals surface area contributed by atoms with Crippen molar-refractivity contribution in [1.29, 1.82) is 0 Å². The first-order valence-electron chi connectivity index (χ1n) is 3.15. The summed E-state index contributed by atoms with van der Waals surface area (Å²) in [6, 6.07) is 3.63. The molecule has 0 aliphatic rings. The van der Waals surface area contributed by atoms with E-state index in [1.807, 2.05) is 13.1 Å². The molecule has 1 aromatic heterocycles. The first-order valence-corrected chi connectivity index (χ1v) is 3.95. The Labute approximate surface area is 73.9 Å². The smallest absolute Gasteiger partial charge is 0.130 e. The molecule has 0 bridgehead atoms. The van der Waals surface area contributed by atoms with E-state index in [4.69, 9.17) is 4.74 Å². The summed E-state index contributed by atoms with van der Waals surface area (Å²) in [5.41, 5.74) is 0. The van der Waals surface area contributed by atoms with Crippen LogP contribution in [0.5, 0.6) is 5.75 Å². The summed E-state index contributed by atoms with van der Waals surface area (Å²) in [6.45, 7) is 0. The third-order valence-corrected chi connectivity index (χ3v) is 1.67. The summed E-state index contributed by atoms with van der Waals surface area (Å²) in [5, 5.41) is 2.92. The second kappa shape index (κ2) is 3.57. The first kappa shape index (κ1) is 8.33. The van der Waals surface area contributed by atoms with Crippen LogP contribution in [0.25, 0.3) is 0 Å². The molecule has 11 heavy (non-hydrogen) atoms. The van der Waals surface area contributed by atoms with Gasteiger partial charge in [-0.25, -0.2) is 4.98 Å². The zero-order valence-electron chi connectivity index (χ0n) is 6.39. The molecular weight excluding hydrogens is 208 g/mol. The van der Waals surface area contributed by atoms with Crippen LogP contribution in [-0.4, -0.2) is 19.1 Å². The lowest BCUT2D eigenvalue weighted by atomic mass is 10.4. The minimum absolute atomic E-state index is 0.765. The summed E-state index contributed by atoms with van der Waals surface area (Å²) in [5.74, 6) is 1.58. The van der Waals surface area contributed by atoms with Crippen molar-refractivity contribution in [3.63, 3.8) is 0 Å². The molecule has 0 unspecified atom stereocenters. The Morgan fingerprint density at radius 1 is 1.55 bits per heavy atom. The Bertz CT molecular complexity index is 230. The van der Waals surface area contributed by atoms with E-state index in [1.165, 1.54) is 0 Å². The standard InChI is InChI=1S/C7H9BrN2O/c1-9-7-4-5(11-2)3-6(8)10-7/h3-4H,1-2H3,(H,9,10). The zero-order chi connectivity index (χ0) is 8.27. The number of methoxy groups -OCH3 is 1. The summed E-state index contributed by atoms with van der Waals surface area (Å²) in [7, 11) is 3.44. The Hall–Kier alpha value is -0.770. The number of aromatic nitrogens is 1. The van der Waals surface area contributed by atoms with Gasteiger partial charge in [0, 0.05) is 19.2 Å². The van der Waals surface area contributed by atoms with Crippen LogP contribution < -0.4 is 10.1 Å². The molecule has 0 aromatic carbocycles. The fourth-order valence-corrected chi connectivity index (χ4v) is 1.14. The molecule has 1 rings (SSSR count). The lowest BCUT2D eigenvalue weighted by Gasteiger charge is -2.03. The number of nitrogens with zero attached hydrogens (tertiary/aromatic N) is 1. The van der Waals surface area contributed by atoms with Gasteiger partial charge in [-0.05, 0) is 15.9 Å². The molecule has 3 nitrogen and oxygen atoms in total. The van der Waals surface area contributed by atoms with E-state index >= 15 is 0 Å². The average molecular weight is 217 g/mol. The third kappa shape index (κ3) is 2.08. The van der Waals surface area contributed by atoms with E-state index in [1.54, 1.807) is 13.2 Å². The van der Waals surface area contributed by atoms with Crippen molar-refractivity contribution in [2.45, 2.75) is 0 Å². The zero-order valence-corrected chi connectivity index (χ0v) is 7.97. The van der Waals surface area contributed by atoms with E-state index in [-0.39, 0.29) is 0 Å². The fraction of sp³-hybridized carbons (Fsp3) is 0.286. The predicted molar refractivity (Wildman–Crippen MR) is 48.0 cm³/mol. The van der Waals surface area contributed by atoms with Gasteiger partial charge in [0.2, 0.25) is 0 Å². The van der Waals surface area contributed by atoms with Crippen LogP contribution in [0.4, 0.5) is 5.82 Å². The van der Waals surface area contributed by atoms with E-state index in [0.717, 1.165) is 16.2 Å². The minimum atomic E-state index is 0.765. The molecule has 0 amide bonds. The molecule has 1 aromatic rings. The molecule has 0 spiro atoms. The number of hydrogen-bond donors (Lipinski definition) is 1. The number of ether oxygens (including phenoxy) is 1. The van der Waals surface area contributed by atoms with Gasteiger partial charge in [0.05, 0.1) is 7.11 Å². The number of pyridine rings is 1. The van der Waals surface area contributed by atoms with Gasteiger partial charge in [-0.15, -0.1) is 0 Å². The van der Waals surface area contributed by atoms with Gasteiger partial charge in [-0.2, -0.15) is 0 Å². The summed E-state index contributed by atoms with van der Waals surface area (Å²) < 4.78 is 5.79. The van der Waals surface area contributed by atoms with Gasteiger partial charge in [-0.1, -0.05) is 0 Å². The molecule has 1 heterocycles. The largest absolute Gasteiger partial charge is 0.497 e. The van der Waals surface area contributed by atoms with E-state index in [2.05, 4.69) is 26.2 Å². The topological polar surface area (TPSA) is 34.1 Å². The van der Waals surface area contributed by atoms with Crippen molar-refractivity contribution in [1.82, 2.24) is 4.98 Å². The molecule has 0 aliphatic carbocycles. The molecular formula is C7H9BrN2O. The Kier molecular flexibility index (Phi) is 2.70. The number of anilines is 1. The third-order valence-electron chi connectivity index (χ3n) is 1.26. The van der Waals surface area contributed by atoms with Gasteiger partial charge in [-0.3, -0.25) is 0 Å². The van der Waals surface area contributed by atoms with Crippen LogP contribution in [-0.2, 0) is 0 Å². The lowest BCUT2D eigenvalue weighted by Crippen LogP contribution is -1.93. The lowest BCUT2D eigenvalue weighted by molar-refractivity contribution is 0.414. The van der Waals surface area contributed by atoms with E-state index in [9.17, 15) is 0 Å². The molecule has 4 heteroatoms. The Morgan fingerprint density at radius 2 is 2.27 bits per heavy atom. The van der Waals surface area contributed by atoms with Gasteiger partial charge in [0.1, 0.15) is 16.2 Å². The summed E-state index contributed by atoms with van der Waals surface area (Å²) >= 11 is 3.26. The number of halogens is 1. The van der Waals surface area contributed by atoms with Crippen LogP contribution >= 0.6 is 15.9 Å². The van der Waals surface area contributed by atoms with E-state index < -0.39 is 0 Å². The molecule has 1 N–H and O–H groups in total. The van der Waals surface area contributed by atoms with Crippen molar-refractivity contribution in [2.75, 3.05) is 19.5 Å². The maximum Gasteiger partial charge on any atom is 0.130 e. The molecule has 0 fully saturated rings. The van der Waals surface area contributed by atoms with Crippen LogP contribution in [0.15, 0.2) is 16.7 Å². The number of rotatable bonds is 2. The highest BCUT2D eigenvalue weighted by molar-refractivity contribution is 9.10. The quantitative estimate of drug-likeness (QED) is 0.768. The Morgan fingerprint density at radius 3 is 2.82 bits per heavy atom. The van der Waals surface area contributed by atoms with Crippen molar-refractivity contribution in [2.24, 2.45) is 0 Å². The Balaban J connectivity index is 3.02. The predicted octanol–water partition coefficient (Wildman–Crippen LogP) is 1.89. The number of hydrogen-bond acceptors (Lipinski definition) is 3. The molecule has 0 aliphatic heterocycles. The second-order valence-corrected chi connectivity index (χ2v) is 2.78. The molecule has 60 valence electrons. The fourth-order valence-electron chi connectivity index (χ4n) is 0.719. The maximum absolute atomic E-state index is 5.03. The highest BCUT2D eigenvalue weighted by Crippen LogP contribution is 2.19. The van der Waals surface area contributed by atoms with Crippen LogP contribution in [0.3, 0.4) is 0 Å². The van der Waals surface area contributed by atoms with Crippen molar-refractivity contribution in [3.05, 3.63) is 16.7 Å². The highest BCUT2D eigenvalue weighted by Gasteiger charge is 1.97. The van der Waals surface area contributed by atoms with Crippen LogP contribution in [0, 0.1) is 0 Å². The van der Waals surface area contributed by atoms with Gasteiger partial charge in [0.15, 0.2) is 0 Å². The van der Waals surface area contributed by atoms with Gasteiger partial charge < -0.3 is 10.1 Å².